The summed E-state index contributed by atoms with van der Waals surface area (Å²) >= 11 is 0. The Morgan fingerprint density at radius 3 is 2.08 bits per heavy atom. The number of fused-ring (bicyclic) bond motifs is 5. The summed E-state index contributed by atoms with van der Waals surface area (Å²) in [5.41, 5.74) is -0.358. The number of carbonyl (C=O) groups excluding carboxylic acids is 2. The molecule has 4 aliphatic carbocycles. The summed E-state index contributed by atoms with van der Waals surface area (Å²) in [6.07, 6.45) is 10.0. The van der Waals surface area contributed by atoms with Gasteiger partial charge >= 0.3 is 5.97 Å². The topological polar surface area (TPSA) is 61.8 Å². The van der Waals surface area contributed by atoms with Crippen molar-refractivity contribution in [1.29, 1.82) is 0 Å². The van der Waals surface area contributed by atoms with Crippen LogP contribution < -0.4 is 0 Å². The largest absolute Gasteiger partial charge is 0.545 e. The van der Waals surface area contributed by atoms with E-state index in [9.17, 15) is 9.59 Å². The fraction of sp³-hybridized carbons (Fsp3) is 0.800. The minimum absolute atomic E-state index is 0.00334. The van der Waals surface area contributed by atoms with Gasteiger partial charge in [0.05, 0.1) is 11.4 Å². The summed E-state index contributed by atoms with van der Waals surface area (Å²) in [7, 11) is -3.63. The van der Waals surface area contributed by atoms with E-state index in [0.29, 0.717) is 24.2 Å². The van der Waals surface area contributed by atoms with Crippen LogP contribution in [0.1, 0.15) is 73.1 Å². The van der Waals surface area contributed by atoms with Crippen LogP contribution in [0.2, 0.25) is 39.3 Å². The zero-order chi connectivity index (χ0) is 27.8. The van der Waals surface area contributed by atoms with Gasteiger partial charge in [-0.1, -0.05) is 13.8 Å². The number of esters is 1. The summed E-state index contributed by atoms with van der Waals surface area (Å²) in [4.78, 5) is 25.4. The van der Waals surface area contributed by atoms with Crippen molar-refractivity contribution in [3.63, 3.8) is 0 Å². The molecule has 7 atom stereocenters. The number of rotatable bonds is 6. The van der Waals surface area contributed by atoms with E-state index in [1.165, 1.54) is 12.5 Å². The minimum atomic E-state index is -1.89. The molecule has 0 radical (unpaired) electrons. The van der Waals surface area contributed by atoms with Crippen LogP contribution in [0, 0.1) is 28.6 Å². The second-order valence-corrected chi connectivity index (χ2v) is 23.9. The highest BCUT2D eigenvalue weighted by Crippen LogP contribution is 2.70. The van der Waals surface area contributed by atoms with E-state index < -0.39 is 22.2 Å². The van der Waals surface area contributed by atoms with Gasteiger partial charge in [0, 0.05) is 12.3 Å². The van der Waals surface area contributed by atoms with Crippen LogP contribution in [0.5, 0.6) is 0 Å². The van der Waals surface area contributed by atoms with E-state index in [0.717, 1.165) is 37.9 Å². The van der Waals surface area contributed by atoms with Crippen molar-refractivity contribution in [3.05, 3.63) is 23.5 Å². The zero-order valence-corrected chi connectivity index (χ0v) is 27.2. The summed E-state index contributed by atoms with van der Waals surface area (Å²) in [5.74, 6) is 1.90. The van der Waals surface area contributed by atoms with Gasteiger partial charge in [-0.3, -0.25) is 9.59 Å². The zero-order valence-electron chi connectivity index (χ0n) is 25.2. The molecule has 0 aromatic heterocycles. The number of allylic oxidation sites excluding steroid dienone is 2. The highest BCUT2D eigenvalue weighted by molar-refractivity contribution is 6.70. The molecule has 0 spiro atoms. The molecule has 208 valence electrons. The molecule has 0 aromatic rings. The Kier molecular flexibility index (Phi) is 6.94. The lowest BCUT2D eigenvalue weighted by atomic mass is 9.44. The van der Waals surface area contributed by atoms with Crippen LogP contribution in [0.3, 0.4) is 0 Å². The predicted octanol–water partition coefficient (Wildman–Crippen LogP) is 7.41. The number of Topliss-reactive ketones (excluding diaryl/α,β-unsaturated/α-hetero) is 1. The van der Waals surface area contributed by atoms with Crippen molar-refractivity contribution in [2.45, 2.75) is 124 Å². The lowest BCUT2D eigenvalue weighted by molar-refractivity contribution is -0.189. The maximum atomic E-state index is 13.2. The first-order valence-electron chi connectivity index (χ1n) is 14.3. The average Bonchev–Trinajstić information content (AvgIpc) is 3.00. The van der Waals surface area contributed by atoms with Gasteiger partial charge in [0.2, 0.25) is 8.32 Å². The maximum Gasteiger partial charge on any atom is 0.303 e. The number of carbonyl (C=O) groups is 2. The van der Waals surface area contributed by atoms with Crippen LogP contribution in [0.4, 0.5) is 0 Å². The minimum Gasteiger partial charge on any atom is -0.545 e. The van der Waals surface area contributed by atoms with Crippen molar-refractivity contribution in [2.75, 3.05) is 0 Å². The van der Waals surface area contributed by atoms with Gasteiger partial charge < -0.3 is 13.6 Å². The van der Waals surface area contributed by atoms with Gasteiger partial charge in [-0.25, -0.2) is 0 Å². The Labute approximate surface area is 227 Å². The fourth-order valence-electron chi connectivity index (χ4n) is 9.08. The fourth-order valence-corrected chi connectivity index (χ4v) is 11.5. The van der Waals surface area contributed by atoms with E-state index >= 15 is 0 Å². The molecule has 0 bridgehead atoms. The van der Waals surface area contributed by atoms with Gasteiger partial charge in [0.25, 0.3) is 0 Å². The summed E-state index contributed by atoms with van der Waals surface area (Å²) in [5, 5.41) is 0. The van der Waals surface area contributed by atoms with Crippen molar-refractivity contribution in [2.24, 2.45) is 28.6 Å². The predicted molar refractivity (Wildman–Crippen MR) is 153 cm³/mol. The second kappa shape index (κ2) is 8.92. The number of ether oxygens (including phenoxy) is 1. The Bertz CT molecular complexity index is 1040. The molecule has 0 unspecified atom stereocenters. The molecule has 7 heteroatoms. The monoisotopic (exact) mass is 546 g/mol. The van der Waals surface area contributed by atoms with Gasteiger partial charge in [0.1, 0.15) is 0 Å². The summed E-state index contributed by atoms with van der Waals surface area (Å²) in [6.45, 7) is 23.6. The average molecular weight is 547 g/mol. The van der Waals surface area contributed by atoms with E-state index in [1.807, 2.05) is 0 Å². The second-order valence-electron chi connectivity index (χ2n) is 15.0. The molecule has 4 rings (SSSR count). The molecule has 4 aliphatic rings. The SMILES string of the molecule is CC(=O)O[C@@]1(C(C)=O)CC[C@H]2[C@@H]3C[C@@](C)(O[Si](C)(C)C)C4=CC(O[Si](C)(C)C)=CC[C@]4(C)[C@H]3CC[C@@]21C. The summed E-state index contributed by atoms with van der Waals surface area (Å²) in [6, 6.07) is 0. The molecule has 3 saturated carbocycles. The quantitative estimate of drug-likeness (QED) is 0.256. The smallest absolute Gasteiger partial charge is 0.303 e. The molecule has 5 nitrogen and oxygen atoms in total. The first kappa shape index (κ1) is 28.8. The standard InChI is InChI=1S/C30H50O5Si2/c1-20(31)30(33-21(2)32)17-14-25-23-19-29(5,35-37(9,10)11)26-18-22(34-36(6,7)8)12-15-27(26,3)24(23)13-16-28(25,30)4/h12,18,23-25H,13-17,19H2,1-11H3/t23-,24+,25+,27-,28+,29-,30-/m1/s1. The van der Waals surface area contributed by atoms with E-state index in [-0.39, 0.29) is 28.2 Å². The Balaban J connectivity index is 1.79. The van der Waals surface area contributed by atoms with Crippen LogP contribution in [0.25, 0.3) is 0 Å². The van der Waals surface area contributed by atoms with Crippen LogP contribution in [-0.2, 0) is 23.2 Å². The Hall–Kier alpha value is -1.19. The third-order valence-corrected chi connectivity index (χ3v) is 12.0. The van der Waals surface area contributed by atoms with Crippen LogP contribution >= 0.6 is 0 Å². The van der Waals surface area contributed by atoms with Crippen molar-refractivity contribution >= 4 is 28.4 Å². The molecule has 0 saturated heterocycles. The molecule has 0 amide bonds. The van der Waals surface area contributed by atoms with Gasteiger partial charge in [-0.15, -0.1) is 0 Å². The molecular formula is C30H50O5Si2. The lowest BCUT2D eigenvalue weighted by Gasteiger charge is -2.63. The molecule has 0 N–H and O–H groups in total. The Morgan fingerprint density at radius 1 is 0.919 bits per heavy atom. The molecular weight excluding hydrogens is 496 g/mol. The molecule has 0 aliphatic heterocycles. The maximum absolute atomic E-state index is 13.2. The van der Waals surface area contributed by atoms with Gasteiger partial charge in [-0.05, 0) is 133 Å². The van der Waals surface area contributed by atoms with Gasteiger partial charge in [0.15, 0.2) is 19.7 Å². The summed E-state index contributed by atoms with van der Waals surface area (Å²) < 4.78 is 19.6. The number of hydrogen-bond donors (Lipinski definition) is 0. The van der Waals surface area contributed by atoms with Crippen LogP contribution in [0.15, 0.2) is 23.5 Å². The van der Waals surface area contributed by atoms with Crippen molar-refractivity contribution in [3.8, 4) is 0 Å². The molecule has 37 heavy (non-hydrogen) atoms. The van der Waals surface area contributed by atoms with Crippen LogP contribution in [-0.4, -0.2) is 39.6 Å². The lowest BCUT2D eigenvalue weighted by Crippen LogP contribution is -2.62. The van der Waals surface area contributed by atoms with Gasteiger partial charge in [-0.2, -0.15) is 0 Å². The molecule has 0 aromatic carbocycles. The highest BCUT2D eigenvalue weighted by atomic mass is 28.4. The van der Waals surface area contributed by atoms with E-state index in [2.05, 4.69) is 72.2 Å². The molecule has 3 fully saturated rings. The Morgan fingerprint density at radius 2 is 1.54 bits per heavy atom. The highest BCUT2D eigenvalue weighted by Gasteiger charge is 2.69. The van der Waals surface area contributed by atoms with E-state index in [4.69, 9.17) is 13.6 Å². The number of ketones is 1. The normalized spacial score (nSPS) is 41.5. The van der Waals surface area contributed by atoms with Crippen molar-refractivity contribution < 1.29 is 23.2 Å². The third-order valence-electron chi connectivity index (χ3n) is 10.0. The van der Waals surface area contributed by atoms with Crippen molar-refractivity contribution in [1.82, 2.24) is 0 Å². The molecule has 0 heterocycles. The first-order valence-corrected chi connectivity index (χ1v) is 21.1. The van der Waals surface area contributed by atoms with E-state index in [1.54, 1.807) is 6.92 Å². The number of hydrogen-bond acceptors (Lipinski definition) is 5. The first-order chi connectivity index (χ1) is 16.8. The third kappa shape index (κ3) is 4.75.